The van der Waals surface area contributed by atoms with Crippen molar-refractivity contribution < 1.29 is 0 Å². The summed E-state index contributed by atoms with van der Waals surface area (Å²) in [6.45, 7) is 5.02. The van der Waals surface area contributed by atoms with E-state index < -0.39 is 0 Å². The third-order valence-electron chi connectivity index (χ3n) is 3.64. The van der Waals surface area contributed by atoms with Gasteiger partial charge in [0, 0.05) is 18.8 Å². The summed E-state index contributed by atoms with van der Waals surface area (Å²) in [5.74, 6) is 0.845. The molecule has 0 unspecified atom stereocenters. The van der Waals surface area contributed by atoms with Crippen molar-refractivity contribution in [2.75, 3.05) is 32.0 Å². The lowest BCUT2D eigenvalue weighted by Gasteiger charge is -2.16. The molecule has 0 radical (unpaired) electrons. The molecule has 0 amide bonds. The Morgan fingerprint density at radius 1 is 1.53 bits per heavy atom. The van der Waals surface area contributed by atoms with Gasteiger partial charge in [-0.05, 0) is 44.5 Å². The van der Waals surface area contributed by atoms with Crippen molar-refractivity contribution in [3.63, 3.8) is 0 Å². The smallest absolute Gasteiger partial charge is 0.136 e. The number of likely N-dealkylation sites (N-methyl/N-ethyl adjacent to an activating group) is 1. The molecule has 0 fully saturated rings. The van der Waals surface area contributed by atoms with Gasteiger partial charge in [-0.1, -0.05) is 19.1 Å². The van der Waals surface area contributed by atoms with Crippen LogP contribution in [0, 0.1) is 0 Å². The van der Waals surface area contributed by atoms with Crippen molar-refractivity contribution in [1.82, 2.24) is 9.88 Å². The molecule has 1 aromatic rings. The fourth-order valence-electron chi connectivity index (χ4n) is 2.32. The summed E-state index contributed by atoms with van der Waals surface area (Å²) in [5.41, 5.74) is 9.20. The second-order valence-electron chi connectivity index (χ2n) is 5.03. The van der Waals surface area contributed by atoms with Gasteiger partial charge in [-0.2, -0.15) is 0 Å². The first-order valence-electron chi connectivity index (χ1n) is 6.86. The standard InChI is InChI=1S/C14H22N4S/c1-3-18(2)8-7-16-14-11(13(15)19)9-10-5-4-6-12(10)17-14/h9H,3-8H2,1-2H3,(H2,15,19)(H,16,17). The first-order chi connectivity index (χ1) is 9.11. The van der Waals surface area contributed by atoms with Crippen LogP contribution in [-0.4, -0.2) is 41.6 Å². The maximum Gasteiger partial charge on any atom is 0.136 e. The Labute approximate surface area is 120 Å². The van der Waals surface area contributed by atoms with E-state index >= 15 is 0 Å². The number of aromatic nitrogens is 1. The van der Waals surface area contributed by atoms with Crippen LogP contribution in [0.4, 0.5) is 5.82 Å². The lowest BCUT2D eigenvalue weighted by molar-refractivity contribution is 0.367. The summed E-state index contributed by atoms with van der Waals surface area (Å²) >= 11 is 5.13. The monoisotopic (exact) mass is 278 g/mol. The fourth-order valence-corrected chi connectivity index (χ4v) is 2.47. The summed E-state index contributed by atoms with van der Waals surface area (Å²) in [7, 11) is 2.10. The predicted molar refractivity (Wildman–Crippen MR) is 83.8 cm³/mol. The van der Waals surface area contributed by atoms with E-state index in [1.165, 1.54) is 17.7 Å². The highest BCUT2D eigenvalue weighted by Crippen LogP contribution is 2.25. The number of pyridine rings is 1. The maximum atomic E-state index is 5.81. The van der Waals surface area contributed by atoms with Crippen LogP contribution in [0.5, 0.6) is 0 Å². The molecule has 0 bridgehead atoms. The van der Waals surface area contributed by atoms with Crippen LogP contribution < -0.4 is 11.1 Å². The zero-order valence-corrected chi connectivity index (χ0v) is 12.5. The average molecular weight is 278 g/mol. The minimum absolute atomic E-state index is 0.425. The quantitative estimate of drug-likeness (QED) is 0.774. The lowest BCUT2D eigenvalue weighted by atomic mass is 10.1. The van der Waals surface area contributed by atoms with E-state index in [1.807, 2.05) is 0 Å². The van der Waals surface area contributed by atoms with Crippen molar-refractivity contribution in [2.24, 2.45) is 5.73 Å². The van der Waals surface area contributed by atoms with Crippen molar-refractivity contribution >= 4 is 23.0 Å². The van der Waals surface area contributed by atoms with Crippen LogP contribution in [-0.2, 0) is 12.8 Å². The number of rotatable bonds is 6. The SMILES string of the molecule is CCN(C)CCNc1nc2c(cc1C(N)=S)CCC2. The van der Waals surface area contributed by atoms with E-state index in [9.17, 15) is 0 Å². The summed E-state index contributed by atoms with van der Waals surface area (Å²) in [5, 5.41) is 3.37. The van der Waals surface area contributed by atoms with Crippen LogP contribution in [0.2, 0.25) is 0 Å². The molecule has 0 saturated heterocycles. The number of fused-ring (bicyclic) bond motifs is 1. The van der Waals surface area contributed by atoms with E-state index in [0.29, 0.717) is 4.99 Å². The Morgan fingerprint density at radius 2 is 2.32 bits per heavy atom. The first-order valence-corrected chi connectivity index (χ1v) is 7.27. The highest BCUT2D eigenvalue weighted by molar-refractivity contribution is 7.80. The highest BCUT2D eigenvalue weighted by atomic mass is 32.1. The van der Waals surface area contributed by atoms with Gasteiger partial charge in [0.05, 0.1) is 5.56 Å². The largest absolute Gasteiger partial charge is 0.389 e. The van der Waals surface area contributed by atoms with Gasteiger partial charge in [-0.25, -0.2) is 4.98 Å². The Hall–Kier alpha value is -1.20. The number of nitrogens with zero attached hydrogens (tertiary/aromatic N) is 2. The van der Waals surface area contributed by atoms with Gasteiger partial charge in [-0.15, -0.1) is 0 Å². The topological polar surface area (TPSA) is 54.2 Å². The molecule has 3 N–H and O–H groups in total. The maximum absolute atomic E-state index is 5.81. The van der Waals surface area contributed by atoms with Crippen molar-refractivity contribution in [3.8, 4) is 0 Å². The van der Waals surface area contributed by atoms with Crippen molar-refractivity contribution in [3.05, 3.63) is 22.9 Å². The van der Waals surface area contributed by atoms with E-state index in [2.05, 4.69) is 30.3 Å². The van der Waals surface area contributed by atoms with Gasteiger partial charge in [-0.3, -0.25) is 0 Å². The summed E-state index contributed by atoms with van der Waals surface area (Å²) in [4.78, 5) is 7.38. The van der Waals surface area contributed by atoms with Gasteiger partial charge in [0.25, 0.3) is 0 Å². The van der Waals surface area contributed by atoms with Crippen LogP contribution in [0.25, 0.3) is 0 Å². The molecule has 0 aromatic carbocycles. The average Bonchev–Trinajstić information content (AvgIpc) is 2.84. The number of thiocarbonyl (C=S) groups is 1. The normalized spacial score (nSPS) is 13.6. The number of hydrogen-bond acceptors (Lipinski definition) is 4. The minimum Gasteiger partial charge on any atom is -0.389 e. The number of hydrogen-bond donors (Lipinski definition) is 2. The summed E-state index contributed by atoms with van der Waals surface area (Å²) < 4.78 is 0. The zero-order valence-electron chi connectivity index (χ0n) is 11.7. The number of aryl methyl sites for hydroxylation is 2. The molecule has 19 heavy (non-hydrogen) atoms. The molecule has 1 aromatic heterocycles. The van der Waals surface area contributed by atoms with E-state index in [0.717, 1.165) is 43.9 Å². The second-order valence-corrected chi connectivity index (χ2v) is 5.47. The molecule has 1 aliphatic carbocycles. The van der Waals surface area contributed by atoms with Gasteiger partial charge >= 0.3 is 0 Å². The molecule has 2 rings (SSSR count). The third kappa shape index (κ3) is 3.42. The lowest BCUT2D eigenvalue weighted by Crippen LogP contribution is -2.26. The Balaban J connectivity index is 2.12. The molecule has 0 saturated carbocycles. The Morgan fingerprint density at radius 3 is 3.00 bits per heavy atom. The van der Waals surface area contributed by atoms with E-state index in [1.54, 1.807) is 0 Å². The minimum atomic E-state index is 0.425. The molecular weight excluding hydrogens is 256 g/mol. The van der Waals surface area contributed by atoms with Gasteiger partial charge in [0.15, 0.2) is 0 Å². The molecule has 0 aliphatic heterocycles. The number of nitrogens with one attached hydrogen (secondary N) is 1. The van der Waals surface area contributed by atoms with Gasteiger partial charge < -0.3 is 16.0 Å². The summed E-state index contributed by atoms with van der Waals surface area (Å²) in [6.07, 6.45) is 3.34. The number of anilines is 1. The van der Waals surface area contributed by atoms with Crippen molar-refractivity contribution in [1.29, 1.82) is 0 Å². The van der Waals surface area contributed by atoms with Crippen LogP contribution in [0.15, 0.2) is 6.07 Å². The van der Waals surface area contributed by atoms with Gasteiger partial charge in [0.1, 0.15) is 10.8 Å². The third-order valence-corrected chi connectivity index (χ3v) is 3.86. The Bertz CT molecular complexity index is 473. The number of nitrogens with two attached hydrogens (primary N) is 1. The molecule has 5 heteroatoms. The van der Waals surface area contributed by atoms with Crippen LogP contribution in [0.3, 0.4) is 0 Å². The second kappa shape index (κ2) is 6.30. The molecule has 0 atom stereocenters. The molecule has 104 valence electrons. The van der Waals surface area contributed by atoms with Gasteiger partial charge in [0.2, 0.25) is 0 Å². The van der Waals surface area contributed by atoms with Crippen LogP contribution >= 0.6 is 12.2 Å². The zero-order chi connectivity index (χ0) is 13.8. The highest BCUT2D eigenvalue weighted by Gasteiger charge is 2.17. The molecule has 4 nitrogen and oxygen atoms in total. The molecule has 0 spiro atoms. The van der Waals surface area contributed by atoms with Crippen molar-refractivity contribution in [2.45, 2.75) is 26.2 Å². The van der Waals surface area contributed by atoms with E-state index in [-0.39, 0.29) is 0 Å². The Kier molecular flexibility index (Phi) is 4.71. The molecular formula is C14H22N4S. The molecule has 1 heterocycles. The predicted octanol–water partition coefficient (Wildman–Crippen LogP) is 1.57. The van der Waals surface area contributed by atoms with Crippen LogP contribution in [0.1, 0.15) is 30.2 Å². The van der Waals surface area contributed by atoms with E-state index in [4.69, 9.17) is 22.9 Å². The first kappa shape index (κ1) is 14.2. The summed E-state index contributed by atoms with van der Waals surface area (Å²) in [6, 6.07) is 2.11. The fraction of sp³-hybridized carbons (Fsp3) is 0.571. The molecule has 1 aliphatic rings.